The second-order valence-corrected chi connectivity index (χ2v) is 13.3. The average molecular weight is 650 g/mol. The molecule has 9 nitrogen and oxygen atoms in total. The minimum absolute atomic E-state index is 0.0693. The predicted octanol–water partition coefficient (Wildman–Crippen LogP) is 6.95. The molecule has 1 saturated heterocycles. The number of carbonyl (C=O) groups excluding carboxylic acids is 2. The zero-order valence-electron chi connectivity index (χ0n) is 26.0. The molecule has 0 radical (unpaired) electrons. The Labute approximate surface area is 274 Å². The number of carbonyl (C=O) groups is 2. The van der Waals surface area contributed by atoms with Gasteiger partial charge in [-0.05, 0) is 66.6 Å². The number of halogens is 1. The first-order valence-corrected chi connectivity index (χ1v) is 16.7. The quantitative estimate of drug-likeness (QED) is 0.194. The summed E-state index contributed by atoms with van der Waals surface area (Å²) in [5, 5.41) is 11.7. The van der Waals surface area contributed by atoms with Crippen molar-refractivity contribution in [1.29, 1.82) is 0 Å². The number of pyridine rings is 1. The summed E-state index contributed by atoms with van der Waals surface area (Å²) in [5.74, 6) is 0.110. The number of thiophene rings is 1. The first-order chi connectivity index (χ1) is 22.9. The third kappa shape index (κ3) is 5.14. The molecule has 1 fully saturated rings. The normalized spacial score (nSPS) is 19.6. The molecule has 1 N–H and O–H groups in total. The summed E-state index contributed by atoms with van der Waals surface area (Å²) < 4.78 is 25.3. The van der Waals surface area contributed by atoms with Crippen LogP contribution >= 0.6 is 11.3 Å². The number of ether oxygens (including phenoxy) is 1. The van der Waals surface area contributed by atoms with E-state index in [0.717, 1.165) is 45.8 Å². The zero-order valence-corrected chi connectivity index (χ0v) is 26.8. The number of rotatable bonds is 8. The summed E-state index contributed by atoms with van der Waals surface area (Å²) >= 11 is 1.33. The van der Waals surface area contributed by atoms with E-state index >= 15 is 0 Å². The molecule has 2 amide bonds. The van der Waals surface area contributed by atoms with Crippen molar-refractivity contribution >= 4 is 23.2 Å². The number of hydrogen-bond donors (Lipinski definition) is 1. The van der Waals surface area contributed by atoms with Gasteiger partial charge in [-0.25, -0.2) is 4.39 Å². The fourth-order valence-electron chi connectivity index (χ4n) is 7.29. The van der Waals surface area contributed by atoms with Gasteiger partial charge in [-0.2, -0.15) is 0 Å². The average Bonchev–Trinajstić information content (AvgIpc) is 3.92. The maximum atomic E-state index is 14.0. The van der Waals surface area contributed by atoms with E-state index in [-0.39, 0.29) is 41.7 Å². The number of benzene rings is 2. The Morgan fingerprint density at radius 1 is 1.04 bits per heavy atom. The van der Waals surface area contributed by atoms with E-state index in [9.17, 15) is 14.0 Å². The van der Waals surface area contributed by atoms with Gasteiger partial charge in [-0.3, -0.25) is 14.6 Å². The Bertz CT molecular complexity index is 2020. The summed E-state index contributed by atoms with van der Waals surface area (Å²) in [6.07, 6.45) is 3.43. The van der Waals surface area contributed by atoms with Crippen LogP contribution in [0.5, 0.6) is 0 Å². The highest BCUT2D eigenvalue weighted by molar-refractivity contribution is 7.17. The van der Waals surface area contributed by atoms with Gasteiger partial charge in [0.25, 0.3) is 11.8 Å². The molecule has 8 rings (SSSR count). The number of methoxy groups -OCH3 is 1. The van der Waals surface area contributed by atoms with Crippen molar-refractivity contribution < 1.29 is 23.1 Å². The number of nitrogens with one attached hydrogen (secondary N) is 1. The Morgan fingerprint density at radius 2 is 1.85 bits per heavy atom. The van der Waals surface area contributed by atoms with Crippen LogP contribution in [0.25, 0.3) is 21.9 Å². The molecule has 11 heteroatoms. The summed E-state index contributed by atoms with van der Waals surface area (Å²) in [7, 11) is 1.69. The molecule has 3 unspecified atom stereocenters. The number of nitrogens with zero attached hydrogens (tertiary/aromatic N) is 4. The van der Waals surface area contributed by atoms with E-state index in [1.165, 1.54) is 23.5 Å². The van der Waals surface area contributed by atoms with E-state index in [1.807, 2.05) is 35.2 Å². The minimum Gasteiger partial charge on any atom is -0.421 e. The number of amides is 2. The van der Waals surface area contributed by atoms with Gasteiger partial charge in [0.1, 0.15) is 5.82 Å². The SMILES string of the molecule is COC1CC(NC(=O)c2ccc(-c3c4c(nc(CCc5ccc(F)cc5)c3-c3nnc(C)o3)C3CCCN3C4=O)s2)c2ccccc21. The number of hydrogen-bond acceptors (Lipinski definition) is 8. The van der Waals surface area contributed by atoms with Crippen molar-refractivity contribution in [1.82, 2.24) is 25.4 Å². The fraction of sp³-hybridized carbons (Fsp3) is 0.306. The molecule has 3 aromatic heterocycles. The van der Waals surface area contributed by atoms with E-state index in [0.29, 0.717) is 53.3 Å². The molecule has 2 aliphatic heterocycles. The molecule has 5 aromatic rings. The summed E-state index contributed by atoms with van der Waals surface area (Å²) in [4.78, 5) is 36.1. The molecule has 47 heavy (non-hydrogen) atoms. The Hall–Kier alpha value is -4.74. The maximum absolute atomic E-state index is 14.0. The molecule has 3 aliphatic rings. The van der Waals surface area contributed by atoms with Crippen LogP contribution in [0, 0.1) is 12.7 Å². The van der Waals surface area contributed by atoms with Crippen LogP contribution < -0.4 is 5.32 Å². The van der Waals surface area contributed by atoms with Crippen LogP contribution in [-0.4, -0.2) is 45.6 Å². The molecule has 2 aromatic carbocycles. The summed E-state index contributed by atoms with van der Waals surface area (Å²) in [6.45, 7) is 2.39. The molecular weight excluding hydrogens is 617 g/mol. The maximum Gasteiger partial charge on any atom is 0.261 e. The van der Waals surface area contributed by atoms with Crippen LogP contribution in [0.2, 0.25) is 0 Å². The Balaban J connectivity index is 1.21. The predicted molar refractivity (Wildman–Crippen MR) is 173 cm³/mol. The van der Waals surface area contributed by atoms with Crippen molar-refractivity contribution in [2.45, 2.75) is 57.2 Å². The van der Waals surface area contributed by atoms with Gasteiger partial charge >= 0.3 is 0 Å². The van der Waals surface area contributed by atoms with E-state index in [4.69, 9.17) is 14.1 Å². The first kappa shape index (κ1) is 29.6. The standard InChI is InChI=1S/C36H32FN5O4S/c1-19-40-41-35(46-19)30-24(14-11-20-9-12-21(37)13-10-20)38-33-26-8-5-17-42(26)36(44)32(33)31(30)28-15-16-29(47-28)34(43)39-25-18-27(45-2)23-7-4-3-6-22(23)25/h3-4,6-7,9-10,12-13,15-16,25-27H,5,8,11,14,17-18H2,1-2H3,(H,39,43). The molecule has 0 saturated carbocycles. The van der Waals surface area contributed by atoms with E-state index in [2.05, 4.69) is 15.5 Å². The molecule has 5 heterocycles. The second kappa shape index (κ2) is 11.8. The highest BCUT2D eigenvalue weighted by Gasteiger charge is 2.45. The van der Waals surface area contributed by atoms with Gasteiger partial charge in [0.2, 0.25) is 11.8 Å². The molecular formula is C36H32FN5O4S. The van der Waals surface area contributed by atoms with Crippen molar-refractivity contribution in [2.75, 3.05) is 13.7 Å². The lowest BCUT2D eigenvalue weighted by Crippen LogP contribution is -2.26. The van der Waals surface area contributed by atoms with Crippen molar-refractivity contribution in [3.05, 3.63) is 111 Å². The van der Waals surface area contributed by atoms with Crippen LogP contribution in [0.15, 0.2) is 65.1 Å². The minimum atomic E-state index is -0.290. The van der Waals surface area contributed by atoms with Crippen LogP contribution in [-0.2, 0) is 17.6 Å². The second-order valence-electron chi connectivity index (χ2n) is 12.3. The van der Waals surface area contributed by atoms with Crippen molar-refractivity contribution in [2.24, 2.45) is 0 Å². The topological polar surface area (TPSA) is 110 Å². The lowest BCUT2D eigenvalue weighted by molar-refractivity contribution is 0.0775. The molecule has 3 atom stereocenters. The zero-order chi connectivity index (χ0) is 32.2. The highest BCUT2D eigenvalue weighted by Crippen LogP contribution is 2.49. The van der Waals surface area contributed by atoms with Gasteiger partial charge in [-0.15, -0.1) is 21.5 Å². The van der Waals surface area contributed by atoms with Gasteiger partial charge in [0, 0.05) is 37.4 Å². The van der Waals surface area contributed by atoms with Crippen molar-refractivity contribution in [3.63, 3.8) is 0 Å². The third-order valence-corrected chi connectivity index (χ3v) is 10.6. The monoisotopic (exact) mass is 649 g/mol. The number of aromatic nitrogens is 3. The van der Waals surface area contributed by atoms with Crippen LogP contribution in [0.3, 0.4) is 0 Å². The molecule has 1 aliphatic carbocycles. The van der Waals surface area contributed by atoms with Crippen molar-refractivity contribution in [3.8, 4) is 21.9 Å². The Morgan fingerprint density at radius 3 is 2.62 bits per heavy atom. The molecule has 238 valence electrons. The molecule has 0 bridgehead atoms. The summed E-state index contributed by atoms with van der Waals surface area (Å²) in [6, 6.07) is 17.9. The summed E-state index contributed by atoms with van der Waals surface area (Å²) in [5.41, 5.74) is 6.39. The Kier molecular flexibility index (Phi) is 7.45. The lowest BCUT2D eigenvalue weighted by atomic mass is 9.93. The van der Waals surface area contributed by atoms with Crippen LogP contribution in [0.4, 0.5) is 4.39 Å². The lowest BCUT2D eigenvalue weighted by Gasteiger charge is -2.16. The van der Waals surface area contributed by atoms with Gasteiger partial charge in [0.15, 0.2) is 0 Å². The third-order valence-electron chi connectivity index (χ3n) is 9.48. The first-order valence-electron chi connectivity index (χ1n) is 15.8. The van der Waals surface area contributed by atoms with E-state index < -0.39 is 0 Å². The fourth-order valence-corrected chi connectivity index (χ4v) is 8.26. The number of fused-ring (bicyclic) bond motifs is 4. The molecule has 0 spiro atoms. The highest BCUT2D eigenvalue weighted by atomic mass is 32.1. The van der Waals surface area contributed by atoms with Gasteiger partial charge in [0.05, 0.1) is 45.6 Å². The largest absolute Gasteiger partial charge is 0.421 e. The van der Waals surface area contributed by atoms with Crippen LogP contribution in [0.1, 0.15) is 91.4 Å². The van der Waals surface area contributed by atoms with E-state index in [1.54, 1.807) is 32.2 Å². The smallest absolute Gasteiger partial charge is 0.261 e. The van der Waals surface area contributed by atoms with Gasteiger partial charge in [-0.1, -0.05) is 36.4 Å². The number of aryl methyl sites for hydroxylation is 3. The van der Waals surface area contributed by atoms with Gasteiger partial charge < -0.3 is 19.4 Å².